The predicted molar refractivity (Wildman–Crippen MR) is 181 cm³/mol. The van der Waals surface area contributed by atoms with Gasteiger partial charge in [0.2, 0.25) is 11.8 Å². The summed E-state index contributed by atoms with van der Waals surface area (Å²) in [5.41, 5.74) is 2.45. The molecule has 0 heterocycles. The lowest BCUT2D eigenvalue weighted by molar-refractivity contribution is -0.140. The molecule has 0 aliphatic carbocycles. The number of aryl methyl sites for hydroxylation is 1. The highest BCUT2D eigenvalue weighted by Crippen LogP contribution is 2.27. The number of benzene rings is 4. The molecule has 46 heavy (non-hydrogen) atoms. The lowest BCUT2D eigenvalue weighted by Gasteiger charge is -2.34. The summed E-state index contributed by atoms with van der Waals surface area (Å²) in [5.74, 6) is -1.63. The van der Waals surface area contributed by atoms with Gasteiger partial charge in [-0.25, -0.2) is 12.8 Å². The fourth-order valence-electron chi connectivity index (χ4n) is 4.80. The van der Waals surface area contributed by atoms with Crippen LogP contribution in [0.3, 0.4) is 0 Å². The van der Waals surface area contributed by atoms with Gasteiger partial charge in [0.25, 0.3) is 10.0 Å². The maximum absolute atomic E-state index is 14.5. The summed E-state index contributed by atoms with van der Waals surface area (Å²) in [5, 5.41) is 3.69. The van der Waals surface area contributed by atoms with Gasteiger partial charge in [0.05, 0.1) is 10.6 Å². The number of anilines is 1. The van der Waals surface area contributed by atoms with Crippen LogP contribution >= 0.6 is 23.2 Å². The first kappa shape index (κ1) is 34.9. The summed E-state index contributed by atoms with van der Waals surface area (Å²) in [6, 6.07) is 24.0. The third-order valence-corrected chi connectivity index (χ3v) is 10.0. The smallest absolute Gasteiger partial charge is 0.264 e. The van der Waals surface area contributed by atoms with Crippen LogP contribution in [0, 0.1) is 12.7 Å². The molecule has 4 aromatic carbocycles. The van der Waals surface area contributed by atoms with Gasteiger partial charge in [-0.05, 0) is 79.9 Å². The van der Waals surface area contributed by atoms with Gasteiger partial charge in [0.1, 0.15) is 18.4 Å². The molecule has 4 aromatic rings. The maximum atomic E-state index is 14.5. The summed E-state index contributed by atoms with van der Waals surface area (Å²) < 4.78 is 42.8. The van der Waals surface area contributed by atoms with Crippen LogP contribution in [0.4, 0.5) is 10.1 Å². The van der Waals surface area contributed by atoms with Gasteiger partial charge in [-0.1, -0.05) is 84.2 Å². The van der Waals surface area contributed by atoms with Gasteiger partial charge in [0.15, 0.2) is 0 Å². The SMILES string of the molecule is CC[C@H](C)NC(=O)[C@@H](Cc1ccccc1)N(Cc1ccc(Cl)cc1Cl)C(=O)CN(c1ccc(C)cc1)S(=O)(=O)c1ccc(F)cc1. The first-order valence-electron chi connectivity index (χ1n) is 14.8. The average molecular weight is 685 g/mol. The molecule has 2 amide bonds. The Hall–Kier alpha value is -3.92. The molecule has 0 saturated carbocycles. The van der Waals surface area contributed by atoms with E-state index in [4.69, 9.17) is 23.2 Å². The number of nitrogens with one attached hydrogen (secondary N) is 1. The van der Waals surface area contributed by atoms with Crippen molar-refractivity contribution in [3.63, 3.8) is 0 Å². The van der Waals surface area contributed by atoms with Crippen molar-refractivity contribution in [3.8, 4) is 0 Å². The topological polar surface area (TPSA) is 86.8 Å². The summed E-state index contributed by atoms with van der Waals surface area (Å²) in [6.45, 7) is 4.92. The fourth-order valence-corrected chi connectivity index (χ4v) is 6.68. The first-order chi connectivity index (χ1) is 21.9. The molecule has 0 aromatic heterocycles. The Morgan fingerprint density at radius 2 is 1.57 bits per heavy atom. The van der Waals surface area contributed by atoms with E-state index in [1.54, 1.807) is 42.5 Å². The minimum atomic E-state index is -4.35. The van der Waals surface area contributed by atoms with Crippen molar-refractivity contribution >= 4 is 50.7 Å². The molecular weight excluding hydrogens is 648 g/mol. The number of carbonyl (C=O) groups is 2. The second-order valence-corrected chi connectivity index (χ2v) is 13.8. The summed E-state index contributed by atoms with van der Waals surface area (Å²) in [4.78, 5) is 29.6. The highest BCUT2D eigenvalue weighted by molar-refractivity contribution is 7.92. The Balaban J connectivity index is 1.82. The lowest BCUT2D eigenvalue weighted by Crippen LogP contribution is -2.54. The van der Waals surface area contributed by atoms with Crippen LogP contribution in [0.5, 0.6) is 0 Å². The number of amides is 2. The molecule has 1 N–H and O–H groups in total. The Labute approximate surface area is 280 Å². The van der Waals surface area contributed by atoms with Gasteiger partial charge < -0.3 is 10.2 Å². The molecule has 242 valence electrons. The Bertz CT molecular complexity index is 1760. The van der Waals surface area contributed by atoms with Crippen LogP contribution in [0.1, 0.15) is 37.0 Å². The molecule has 4 rings (SSSR count). The molecule has 0 spiro atoms. The van der Waals surface area contributed by atoms with Crippen molar-refractivity contribution in [1.82, 2.24) is 10.2 Å². The zero-order valence-electron chi connectivity index (χ0n) is 25.8. The van der Waals surface area contributed by atoms with E-state index >= 15 is 0 Å². The molecule has 0 radical (unpaired) electrons. The predicted octanol–water partition coefficient (Wildman–Crippen LogP) is 7.19. The van der Waals surface area contributed by atoms with Crippen molar-refractivity contribution in [2.45, 2.75) is 57.1 Å². The molecule has 2 atom stereocenters. The third-order valence-electron chi connectivity index (χ3n) is 7.63. The number of sulfonamides is 1. The molecule has 0 unspecified atom stereocenters. The Kier molecular flexibility index (Phi) is 11.8. The minimum Gasteiger partial charge on any atom is -0.352 e. The van der Waals surface area contributed by atoms with Crippen molar-refractivity contribution in [3.05, 3.63) is 130 Å². The molecule has 0 bridgehead atoms. The van der Waals surface area contributed by atoms with Gasteiger partial charge in [-0.15, -0.1) is 0 Å². The maximum Gasteiger partial charge on any atom is 0.264 e. The molecule has 7 nitrogen and oxygen atoms in total. The van der Waals surface area contributed by atoms with Gasteiger partial charge in [0, 0.05) is 29.1 Å². The van der Waals surface area contributed by atoms with Crippen molar-refractivity contribution in [2.75, 3.05) is 10.8 Å². The van der Waals surface area contributed by atoms with Crippen LogP contribution in [0.15, 0.2) is 102 Å². The van der Waals surface area contributed by atoms with Crippen LogP contribution in [0.25, 0.3) is 0 Å². The summed E-state index contributed by atoms with van der Waals surface area (Å²) in [6.07, 6.45) is 0.827. The highest BCUT2D eigenvalue weighted by Gasteiger charge is 2.35. The molecule has 0 aliphatic rings. The molecule has 11 heteroatoms. The standard InChI is InChI=1S/C35H36Cl2FN3O4S/c1-4-25(3)39-35(43)33(20-26-8-6-5-7-9-26)40(22-27-12-13-28(36)21-32(27)37)34(42)23-41(30-16-10-24(2)11-17-30)46(44,45)31-18-14-29(38)15-19-31/h5-19,21,25,33H,4,20,22-23H2,1-3H3,(H,39,43)/t25-,33+/m0/s1. The monoisotopic (exact) mass is 683 g/mol. The van der Waals surface area contributed by atoms with Crippen LogP contribution < -0.4 is 9.62 Å². The number of carbonyl (C=O) groups excluding carboxylic acids is 2. The van der Waals surface area contributed by atoms with E-state index in [-0.39, 0.29) is 35.5 Å². The van der Waals surface area contributed by atoms with E-state index in [0.717, 1.165) is 39.7 Å². The Morgan fingerprint density at radius 1 is 0.913 bits per heavy atom. The zero-order valence-corrected chi connectivity index (χ0v) is 28.1. The van der Waals surface area contributed by atoms with E-state index in [2.05, 4.69) is 5.32 Å². The lowest BCUT2D eigenvalue weighted by atomic mass is 10.0. The van der Waals surface area contributed by atoms with Crippen molar-refractivity contribution < 1.29 is 22.4 Å². The van der Waals surface area contributed by atoms with Gasteiger partial charge >= 0.3 is 0 Å². The average Bonchev–Trinajstić information content (AvgIpc) is 3.03. The van der Waals surface area contributed by atoms with Gasteiger partial charge in [-0.3, -0.25) is 13.9 Å². The molecule has 0 fully saturated rings. The van der Waals surface area contributed by atoms with E-state index in [1.807, 2.05) is 51.1 Å². The largest absolute Gasteiger partial charge is 0.352 e. The molecular formula is C35H36Cl2FN3O4S. The second kappa shape index (κ2) is 15.6. The van der Waals surface area contributed by atoms with E-state index in [1.165, 1.54) is 4.90 Å². The number of hydrogen-bond donors (Lipinski definition) is 1. The van der Waals surface area contributed by atoms with Crippen LogP contribution in [-0.2, 0) is 32.6 Å². The van der Waals surface area contributed by atoms with Crippen molar-refractivity contribution in [1.29, 1.82) is 0 Å². The van der Waals surface area contributed by atoms with Crippen LogP contribution in [0.2, 0.25) is 10.0 Å². The number of nitrogens with zero attached hydrogens (tertiary/aromatic N) is 2. The number of rotatable bonds is 13. The third kappa shape index (κ3) is 8.87. The minimum absolute atomic E-state index is 0.0986. The fraction of sp³-hybridized carbons (Fsp3) is 0.257. The van der Waals surface area contributed by atoms with Crippen LogP contribution in [-0.4, -0.2) is 43.8 Å². The summed E-state index contributed by atoms with van der Waals surface area (Å²) >= 11 is 12.7. The quantitative estimate of drug-likeness (QED) is 0.162. The summed E-state index contributed by atoms with van der Waals surface area (Å²) in [7, 11) is -4.35. The van der Waals surface area contributed by atoms with E-state index in [0.29, 0.717) is 22.0 Å². The molecule has 0 saturated heterocycles. The highest BCUT2D eigenvalue weighted by atomic mass is 35.5. The van der Waals surface area contributed by atoms with E-state index in [9.17, 15) is 22.4 Å². The first-order valence-corrected chi connectivity index (χ1v) is 17.0. The van der Waals surface area contributed by atoms with E-state index < -0.39 is 34.3 Å². The normalized spacial score (nSPS) is 12.7. The number of hydrogen-bond acceptors (Lipinski definition) is 4. The van der Waals surface area contributed by atoms with Crippen molar-refractivity contribution in [2.24, 2.45) is 0 Å². The second-order valence-electron chi connectivity index (χ2n) is 11.1. The zero-order chi connectivity index (χ0) is 33.4. The Morgan fingerprint density at radius 3 is 2.17 bits per heavy atom. The van der Waals surface area contributed by atoms with Gasteiger partial charge in [-0.2, -0.15) is 0 Å². The number of halogens is 3. The molecule has 0 aliphatic heterocycles.